The predicted octanol–water partition coefficient (Wildman–Crippen LogP) is 1.91. The fraction of sp³-hybridized carbons (Fsp3) is 0.167. The van der Waals surface area contributed by atoms with Gasteiger partial charge in [-0.3, -0.25) is 5.10 Å². The Labute approximate surface area is 104 Å². The Bertz CT molecular complexity index is 590. The summed E-state index contributed by atoms with van der Waals surface area (Å²) in [4.78, 5) is 0. The van der Waals surface area contributed by atoms with Gasteiger partial charge in [-0.05, 0) is 26.0 Å². The Morgan fingerprint density at radius 1 is 1.39 bits per heavy atom. The lowest BCUT2D eigenvalue weighted by molar-refractivity contribution is 0.318. The second-order valence-electron chi connectivity index (χ2n) is 3.98. The Balaban J connectivity index is 2.38. The molecule has 1 aromatic heterocycles. The summed E-state index contributed by atoms with van der Waals surface area (Å²) in [6.07, 6.45) is 0. The summed E-state index contributed by atoms with van der Waals surface area (Å²) in [5, 5.41) is 18.5. The number of hydrogen-bond donors (Lipinski definition) is 3. The van der Waals surface area contributed by atoms with Crippen molar-refractivity contribution in [1.82, 2.24) is 10.2 Å². The summed E-state index contributed by atoms with van der Waals surface area (Å²) in [6.45, 7) is 3.79. The third kappa shape index (κ3) is 2.42. The van der Waals surface area contributed by atoms with Crippen LogP contribution in [0.25, 0.3) is 0 Å². The molecule has 18 heavy (non-hydrogen) atoms. The molecule has 4 N–H and O–H groups in total. The van der Waals surface area contributed by atoms with Crippen molar-refractivity contribution in [3.8, 4) is 11.6 Å². The SMILES string of the molecule is Cc1ccc(Oc2cc(C)[nH]n2)c(/C(N)=N/O)c1. The zero-order valence-electron chi connectivity index (χ0n) is 10.1. The van der Waals surface area contributed by atoms with Crippen LogP contribution >= 0.6 is 0 Å². The quantitative estimate of drug-likeness (QED) is 0.333. The lowest BCUT2D eigenvalue weighted by atomic mass is 10.1. The molecule has 0 radical (unpaired) electrons. The van der Waals surface area contributed by atoms with Crippen LogP contribution in [0, 0.1) is 13.8 Å². The Morgan fingerprint density at radius 3 is 2.78 bits per heavy atom. The molecule has 94 valence electrons. The fourth-order valence-corrected chi connectivity index (χ4v) is 1.54. The van der Waals surface area contributed by atoms with Gasteiger partial charge >= 0.3 is 0 Å². The predicted molar refractivity (Wildman–Crippen MR) is 67.1 cm³/mol. The van der Waals surface area contributed by atoms with Crippen LogP contribution in [0.2, 0.25) is 0 Å². The molecule has 0 bridgehead atoms. The van der Waals surface area contributed by atoms with E-state index in [1.807, 2.05) is 19.9 Å². The van der Waals surface area contributed by atoms with Gasteiger partial charge in [0.05, 0.1) is 5.56 Å². The second kappa shape index (κ2) is 4.79. The maximum Gasteiger partial charge on any atom is 0.238 e. The van der Waals surface area contributed by atoms with Crippen LogP contribution in [-0.4, -0.2) is 21.2 Å². The van der Waals surface area contributed by atoms with Crippen LogP contribution in [0.5, 0.6) is 11.6 Å². The van der Waals surface area contributed by atoms with E-state index in [0.29, 0.717) is 17.2 Å². The normalized spacial score (nSPS) is 11.6. The van der Waals surface area contributed by atoms with E-state index >= 15 is 0 Å². The zero-order valence-corrected chi connectivity index (χ0v) is 10.1. The minimum atomic E-state index is 0.000887. The molecule has 2 aromatic rings. The smallest absolute Gasteiger partial charge is 0.238 e. The van der Waals surface area contributed by atoms with E-state index in [1.54, 1.807) is 18.2 Å². The maximum atomic E-state index is 8.76. The number of benzene rings is 1. The molecular weight excluding hydrogens is 232 g/mol. The summed E-state index contributed by atoms with van der Waals surface area (Å²) in [7, 11) is 0. The topological polar surface area (TPSA) is 96.5 Å². The summed E-state index contributed by atoms with van der Waals surface area (Å²) in [5.41, 5.74) is 8.02. The van der Waals surface area contributed by atoms with Crippen LogP contribution in [0.3, 0.4) is 0 Å². The van der Waals surface area contributed by atoms with E-state index in [2.05, 4.69) is 15.4 Å². The van der Waals surface area contributed by atoms with Gasteiger partial charge in [0.25, 0.3) is 0 Å². The number of rotatable bonds is 3. The van der Waals surface area contributed by atoms with E-state index in [1.165, 1.54) is 0 Å². The number of amidine groups is 1. The minimum absolute atomic E-state index is 0.000887. The first-order valence-corrected chi connectivity index (χ1v) is 5.38. The lowest BCUT2D eigenvalue weighted by Crippen LogP contribution is -2.14. The molecule has 0 saturated heterocycles. The summed E-state index contributed by atoms with van der Waals surface area (Å²) in [6, 6.07) is 7.18. The third-order valence-electron chi connectivity index (χ3n) is 2.42. The highest BCUT2D eigenvalue weighted by Crippen LogP contribution is 2.25. The summed E-state index contributed by atoms with van der Waals surface area (Å²) >= 11 is 0. The molecule has 0 unspecified atom stereocenters. The highest BCUT2D eigenvalue weighted by atomic mass is 16.5. The van der Waals surface area contributed by atoms with Crippen LogP contribution in [-0.2, 0) is 0 Å². The van der Waals surface area contributed by atoms with Gasteiger partial charge in [0.2, 0.25) is 5.88 Å². The van der Waals surface area contributed by atoms with Gasteiger partial charge in [-0.2, -0.15) is 0 Å². The van der Waals surface area contributed by atoms with Gasteiger partial charge in [0.15, 0.2) is 5.84 Å². The number of H-pyrrole nitrogens is 1. The molecule has 1 heterocycles. The average molecular weight is 246 g/mol. The summed E-state index contributed by atoms with van der Waals surface area (Å²) in [5.74, 6) is 0.923. The number of ether oxygens (including phenoxy) is 1. The highest BCUT2D eigenvalue weighted by molar-refractivity contribution is 5.99. The van der Waals surface area contributed by atoms with Gasteiger partial charge in [-0.15, -0.1) is 5.10 Å². The van der Waals surface area contributed by atoms with Gasteiger partial charge < -0.3 is 15.7 Å². The molecule has 0 amide bonds. The van der Waals surface area contributed by atoms with E-state index in [4.69, 9.17) is 15.7 Å². The van der Waals surface area contributed by atoms with Crippen molar-refractivity contribution in [2.45, 2.75) is 13.8 Å². The molecule has 0 aliphatic rings. The van der Waals surface area contributed by atoms with Crippen molar-refractivity contribution in [1.29, 1.82) is 0 Å². The number of aromatic amines is 1. The summed E-state index contributed by atoms with van der Waals surface area (Å²) < 4.78 is 5.59. The van der Waals surface area contributed by atoms with Gasteiger partial charge in [-0.25, -0.2) is 0 Å². The first-order chi connectivity index (χ1) is 8.60. The largest absolute Gasteiger partial charge is 0.437 e. The minimum Gasteiger partial charge on any atom is -0.437 e. The van der Waals surface area contributed by atoms with Crippen molar-refractivity contribution in [3.05, 3.63) is 41.1 Å². The van der Waals surface area contributed by atoms with Crippen molar-refractivity contribution >= 4 is 5.84 Å². The second-order valence-corrected chi connectivity index (χ2v) is 3.98. The van der Waals surface area contributed by atoms with Crippen LogP contribution in [0.15, 0.2) is 29.4 Å². The van der Waals surface area contributed by atoms with Crippen LogP contribution < -0.4 is 10.5 Å². The highest BCUT2D eigenvalue weighted by Gasteiger charge is 2.11. The maximum absolute atomic E-state index is 8.76. The van der Waals surface area contributed by atoms with E-state index in [-0.39, 0.29) is 5.84 Å². The number of oxime groups is 1. The lowest BCUT2D eigenvalue weighted by Gasteiger charge is -2.08. The van der Waals surface area contributed by atoms with Gasteiger partial charge in [-0.1, -0.05) is 16.8 Å². The number of aromatic nitrogens is 2. The Hall–Kier alpha value is -2.50. The van der Waals surface area contributed by atoms with E-state index < -0.39 is 0 Å². The van der Waals surface area contributed by atoms with Crippen LogP contribution in [0.1, 0.15) is 16.8 Å². The molecule has 6 nitrogen and oxygen atoms in total. The average Bonchev–Trinajstić information content (AvgIpc) is 2.76. The zero-order chi connectivity index (χ0) is 13.1. The standard InChI is InChI=1S/C12H14N4O2/c1-7-3-4-10(9(5-7)12(13)16-17)18-11-6-8(2)14-15-11/h3-6,17H,1-2H3,(H2,13,16)(H,14,15). The molecule has 2 rings (SSSR count). The van der Waals surface area contributed by atoms with E-state index in [9.17, 15) is 0 Å². The van der Waals surface area contributed by atoms with Gasteiger partial charge in [0, 0.05) is 11.8 Å². The molecule has 0 aliphatic heterocycles. The Morgan fingerprint density at radius 2 is 2.17 bits per heavy atom. The third-order valence-corrected chi connectivity index (χ3v) is 2.42. The first-order valence-electron chi connectivity index (χ1n) is 5.38. The van der Waals surface area contributed by atoms with Crippen molar-refractivity contribution < 1.29 is 9.94 Å². The van der Waals surface area contributed by atoms with E-state index in [0.717, 1.165) is 11.3 Å². The van der Waals surface area contributed by atoms with Crippen molar-refractivity contribution in [2.24, 2.45) is 10.9 Å². The molecule has 0 saturated carbocycles. The fourth-order valence-electron chi connectivity index (χ4n) is 1.54. The van der Waals surface area contributed by atoms with Crippen molar-refractivity contribution in [2.75, 3.05) is 0 Å². The van der Waals surface area contributed by atoms with Crippen LogP contribution in [0.4, 0.5) is 0 Å². The number of nitrogens with two attached hydrogens (primary N) is 1. The Kier molecular flexibility index (Phi) is 3.18. The molecule has 6 heteroatoms. The number of nitrogens with one attached hydrogen (secondary N) is 1. The number of hydrogen-bond acceptors (Lipinski definition) is 4. The van der Waals surface area contributed by atoms with Crippen molar-refractivity contribution in [3.63, 3.8) is 0 Å². The number of nitrogens with zero attached hydrogens (tertiary/aromatic N) is 2. The van der Waals surface area contributed by atoms with Gasteiger partial charge in [0.1, 0.15) is 5.75 Å². The number of aryl methyl sites for hydroxylation is 2. The molecule has 0 aliphatic carbocycles. The molecule has 0 spiro atoms. The molecular formula is C12H14N4O2. The monoisotopic (exact) mass is 246 g/mol. The molecule has 1 aromatic carbocycles. The molecule has 0 atom stereocenters. The first kappa shape index (κ1) is 12.0. The molecule has 0 fully saturated rings.